The highest BCUT2D eigenvalue weighted by molar-refractivity contribution is 14.0. The summed E-state index contributed by atoms with van der Waals surface area (Å²) in [5, 5.41) is 6.15. The standard InChI is InChI=1S/C14H20F3N3.HI/c1-3-8-19-13(18-4-2)20-10-11-6-5-7-12(9-11)14(15,16)17;/h5-7,9H,3-4,8,10H2,1-2H3,(H2,18,19,20);1H. The summed E-state index contributed by atoms with van der Waals surface area (Å²) in [5.74, 6) is 0.617. The number of nitrogens with zero attached hydrogens (tertiary/aromatic N) is 1. The van der Waals surface area contributed by atoms with E-state index in [1.807, 2.05) is 13.8 Å². The van der Waals surface area contributed by atoms with Crippen LogP contribution in [0.1, 0.15) is 31.4 Å². The molecule has 0 spiro atoms. The first-order chi connectivity index (χ1) is 9.47. The van der Waals surface area contributed by atoms with Crippen LogP contribution in [0.2, 0.25) is 0 Å². The van der Waals surface area contributed by atoms with Gasteiger partial charge >= 0.3 is 6.18 Å². The molecule has 1 aromatic carbocycles. The van der Waals surface area contributed by atoms with Crippen molar-refractivity contribution < 1.29 is 13.2 Å². The Balaban J connectivity index is 0.00000400. The van der Waals surface area contributed by atoms with Crippen molar-refractivity contribution in [1.82, 2.24) is 10.6 Å². The summed E-state index contributed by atoms with van der Waals surface area (Å²) in [6, 6.07) is 5.24. The van der Waals surface area contributed by atoms with Crippen molar-refractivity contribution in [2.24, 2.45) is 4.99 Å². The van der Waals surface area contributed by atoms with Gasteiger partial charge in [0, 0.05) is 13.1 Å². The number of hydrogen-bond donors (Lipinski definition) is 2. The molecular weight excluding hydrogens is 394 g/mol. The van der Waals surface area contributed by atoms with Crippen LogP contribution in [0.4, 0.5) is 13.2 Å². The molecule has 0 unspecified atom stereocenters. The zero-order valence-electron chi connectivity index (χ0n) is 12.1. The highest BCUT2D eigenvalue weighted by Gasteiger charge is 2.30. The molecule has 0 aliphatic rings. The molecule has 2 N–H and O–H groups in total. The molecule has 0 aliphatic carbocycles. The topological polar surface area (TPSA) is 36.4 Å². The van der Waals surface area contributed by atoms with Gasteiger partial charge in [0.2, 0.25) is 0 Å². The first-order valence-corrected chi connectivity index (χ1v) is 6.65. The summed E-state index contributed by atoms with van der Waals surface area (Å²) in [5.41, 5.74) is -0.106. The van der Waals surface area contributed by atoms with Crippen molar-refractivity contribution in [1.29, 1.82) is 0 Å². The summed E-state index contributed by atoms with van der Waals surface area (Å²) in [6.07, 6.45) is -3.36. The molecule has 21 heavy (non-hydrogen) atoms. The Morgan fingerprint density at radius 2 is 1.90 bits per heavy atom. The highest BCUT2D eigenvalue weighted by atomic mass is 127. The van der Waals surface area contributed by atoms with Crippen molar-refractivity contribution in [3.8, 4) is 0 Å². The quantitative estimate of drug-likeness (QED) is 0.436. The molecule has 1 aromatic rings. The lowest BCUT2D eigenvalue weighted by Crippen LogP contribution is -2.37. The van der Waals surface area contributed by atoms with E-state index in [0.717, 1.165) is 25.1 Å². The number of alkyl halides is 3. The van der Waals surface area contributed by atoms with Gasteiger partial charge < -0.3 is 10.6 Å². The summed E-state index contributed by atoms with van der Waals surface area (Å²) < 4.78 is 37.8. The average molecular weight is 415 g/mol. The predicted molar refractivity (Wildman–Crippen MR) is 90.0 cm³/mol. The predicted octanol–water partition coefficient (Wildman–Crippen LogP) is 3.79. The van der Waals surface area contributed by atoms with E-state index in [-0.39, 0.29) is 30.5 Å². The monoisotopic (exact) mass is 415 g/mol. The zero-order valence-corrected chi connectivity index (χ0v) is 14.5. The lowest BCUT2D eigenvalue weighted by molar-refractivity contribution is -0.137. The number of benzene rings is 1. The van der Waals surface area contributed by atoms with Gasteiger partial charge in [-0.3, -0.25) is 0 Å². The van der Waals surface area contributed by atoms with E-state index in [9.17, 15) is 13.2 Å². The van der Waals surface area contributed by atoms with Crippen molar-refractivity contribution in [3.05, 3.63) is 35.4 Å². The van der Waals surface area contributed by atoms with E-state index in [1.54, 1.807) is 6.07 Å². The molecule has 0 atom stereocenters. The van der Waals surface area contributed by atoms with Gasteiger partial charge in [0.15, 0.2) is 5.96 Å². The zero-order chi connectivity index (χ0) is 15.0. The SMILES string of the molecule is CCCNC(=NCc1cccc(C(F)(F)F)c1)NCC.I. The second kappa shape index (κ2) is 9.86. The Hall–Kier alpha value is -0.990. The minimum absolute atomic E-state index is 0. The smallest absolute Gasteiger partial charge is 0.357 e. The van der Waals surface area contributed by atoms with Gasteiger partial charge in [-0.05, 0) is 31.0 Å². The summed E-state index contributed by atoms with van der Waals surface area (Å²) >= 11 is 0. The van der Waals surface area contributed by atoms with Crippen LogP contribution >= 0.6 is 24.0 Å². The molecule has 0 saturated heterocycles. The maximum Gasteiger partial charge on any atom is 0.416 e. The number of nitrogens with one attached hydrogen (secondary N) is 2. The van der Waals surface area contributed by atoms with Crippen molar-refractivity contribution >= 4 is 29.9 Å². The van der Waals surface area contributed by atoms with E-state index in [4.69, 9.17) is 0 Å². The third-order valence-corrected chi connectivity index (χ3v) is 2.56. The van der Waals surface area contributed by atoms with Crippen molar-refractivity contribution in [2.75, 3.05) is 13.1 Å². The number of hydrogen-bond acceptors (Lipinski definition) is 1. The van der Waals surface area contributed by atoms with Gasteiger partial charge in [-0.2, -0.15) is 13.2 Å². The molecule has 7 heteroatoms. The van der Waals surface area contributed by atoms with E-state index in [1.165, 1.54) is 6.07 Å². The molecule has 0 heterocycles. The minimum Gasteiger partial charge on any atom is -0.357 e. The summed E-state index contributed by atoms with van der Waals surface area (Å²) in [6.45, 7) is 5.66. The lowest BCUT2D eigenvalue weighted by Gasteiger charge is -2.11. The molecule has 0 aliphatic heterocycles. The van der Waals surface area contributed by atoms with E-state index >= 15 is 0 Å². The molecule has 0 fully saturated rings. The number of halogens is 4. The van der Waals surface area contributed by atoms with Crippen LogP contribution in [0.3, 0.4) is 0 Å². The first kappa shape index (κ1) is 20.0. The largest absolute Gasteiger partial charge is 0.416 e. The first-order valence-electron chi connectivity index (χ1n) is 6.65. The van der Waals surface area contributed by atoms with Crippen molar-refractivity contribution in [2.45, 2.75) is 33.0 Å². The average Bonchev–Trinajstić information content (AvgIpc) is 2.41. The van der Waals surface area contributed by atoms with Gasteiger partial charge in [-0.25, -0.2) is 4.99 Å². The Kier molecular flexibility index (Phi) is 9.39. The summed E-state index contributed by atoms with van der Waals surface area (Å²) in [7, 11) is 0. The highest BCUT2D eigenvalue weighted by Crippen LogP contribution is 2.29. The third-order valence-electron chi connectivity index (χ3n) is 2.56. The van der Waals surface area contributed by atoms with Gasteiger partial charge in [0.25, 0.3) is 0 Å². The maximum absolute atomic E-state index is 12.6. The van der Waals surface area contributed by atoms with Crippen molar-refractivity contribution in [3.63, 3.8) is 0 Å². The van der Waals surface area contributed by atoms with E-state index in [0.29, 0.717) is 18.1 Å². The van der Waals surface area contributed by atoms with Crippen LogP contribution in [-0.2, 0) is 12.7 Å². The number of guanidine groups is 1. The van der Waals surface area contributed by atoms with Gasteiger partial charge in [-0.1, -0.05) is 19.1 Å². The van der Waals surface area contributed by atoms with Crippen LogP contribution in [0, 0.1) is 0 Å². The lowest BCUT2D eigenvalue weighted by atomic mass is 10.1. The number of aliphatic imine (C=N–C) groups is 1. The second-order valence-electron chi connectivity index (χ2n) is 4.32. The molecule has 0 aromatic heterocycles. The number of rotatable bonds is 5. The van der Waals surface area contributed by atoms with E-state index in [2.05, 4.69) is 15.6 Å². The van der Waals surface area contributed by atoms with Crippen LogP contribution in [0.5, 0.6) is 0 Å². The van der Waals surface area contributed by atoms with Crippen LogP contribution in [-0.4, -0.2) is 19.0 Å². The molecule has 0 bridgehead atoms. The Bertz CT molecular complexity index is 447. The summed E-state index contributed by atoms with van der Waals surface area (Å²) in [4.78, 5) is 4.27. The molecule has 0 radical (unpaired) electrons. The van der Waals surface area contributed by atoms with Crippen LogP contribution in [0.15, 0.2) is 29.3 Å². The Morgan fingerprint density at radius 1 is 1.19 bits per heavy atom. The fraction of sp³-hybridized carbons (Fsp3) is 0.500. The van der Waals surface area contributed by atoms with Gasteiger partial charge in [0.05, 0.1) is 12.1 Å². The fourth-order valence-corrected chi connectivity index (χ4v) is 1.60. The Labute approximate surface area is 140 Å². The van der Waals surface area contributed by atoms with Gasteiger partial charge in [-0.15, -0.1) is 24.0 Å². The minimum atomic E-state index is -4.31. The van der Waals surface area contributed by atoms with Crippen LogP contribution < -0.4 is 10.6 Å². The Morgan fingerprint density at radius 3 is 2.48 bits per heavy atom. The van der Waals surface area contributed by atoms with E-state index < -0.39 is 11.7 Å². The molecular formula is C14H21F3IN3. The molecule has 0 saturated carbocycles. The van der Waals surface area contributed by atoms with Gasteiger partial charge in [0.1, 0.15) is 0 Å². The molecule has 120 valence electrons. The maximum atomic E-state index is 12.6. The fourth-order valence-electron chi connectivity index (χ4n) is 1.60. The molecule has 3 nitrogen and oxygen atoms in total. The molecule has 0 amide bonds. The second-order valence-corrected chi connectivity index (χ2v) is 4.32. The third kappa shape index (κ3) is 7.54. The molecule has 1 rings (SSSR count). The van der Waals surface area contributed by atoms with Crippen LogP contribution in [0.25, 0.3) is 0 Å². The normalized spacial score (nSPS) is 11.8.